The number of anilines is 1. The molecule has 1 amide bonds. The first kappa shape index (κ1) is 21.6. The van der Waals surface area contributed by atoms with E-state index in [1.54, 1.807) is 60.7 Å². The Hall–Kier alpha value is -3.15. The summed E-state index contributed by atoms with van der Waals surface area (Å²) in [5.74, 6) is -0.771. The third-order valence-corrected chi connectivity index (χ3v) is 4.83. The largest absolute Gasteiger partial charge is 0.423 e. The summed E-state index contributed by atoms with van der Waals surface area (Å²) in [4.78, 5) is 24.7. The quantitative estimate of drug-likeness (QED) is 0.151. The lowest BCUT2D eigenvalue weighted by atomic mass is 10.1. The maximum Gasteiger partial charge on any atom is 0.343 e. The molecule has 0 aliphatic carbocycles. The number of hydrogen-bond donors (Lipinski definition) is 1. The van der Waals surface area contributed by atoms with Gasteiger partial charge in [0.2, 0.25) is 0 Å². The molecule has 0 spiro atoms. The number of hydrogen-bond acceptors (Lipinski definition) is 4. The van der Waals surface area contributed by atoms with Crippen molar-refractivity contribution in [3.05, 3.63) is 98.1 Å². The van der Waals surface area contributed by atoms with Gasteiger partial charge in [-0.15, -0.1) is 0 Å². The predicted octanol–water partition coefficient (Wildman–Crippen LogP) is 5.71. The summed E-state index contributed by atoms with van der Waals surface area (Å²) in [5, 5.41) is 12.6. The summed E-state index contributed by atoms with van der Waals surface area (Å²) >= 11 is 7.96. The zero-order chi connectivity index (χ0) is 21.5. The van der Waals surface area contributed by atoms with E-state index in [2.05, 4.69) is 27.9 Å². The standard InChI is InChI=1S/C23H14ClIN2O3/c24-18-9-7-16(8-10-18)23(29)30-21-6-1-3-15(12-21)11-17(14-26)22(28)27-20-5-2-4-19(25)13-20/h1-13H,(H,27,28)/b17-11+. The van der Waals surface area contributed by atoms with E-state index in [0.29, 0.717) is 27.6 Å². The monoisotopic (exact) mass is 528 g/mol. The minimum absolute atomic E-state index is 0.0740. The average molecular weight is 529 g/mol. The first-order chi connectivity index (χ1) is 14.4. The zero-order valence-electron chi connectivity index (χ0n) is 15.4. The number of carbonyl (C=O) groups excluding carboxylic acids is 2. The minimum Gasteiger partial charge on any atom is -0.423 e. The molecule has 3 rings (SSSR count). The van der Waals surface area contributed by atoms with E-state index in [-0.39, 0.29) is 5.57 Å². The Kier molecular flexibility index (Phi) is 7.22. The highest BCUT2D eigenvalue weighted by Gasteiger charge is 2.11. The van der Waals surface area contributed by atoms with Crippen molar-refractivity contribution in [1.29, 1.82) is 5.26 Å². The van der Waals surface area contributed by atoms with Gasteiger partial charge in [0.1, 0.15) is 17.4 Å². The second-order valence-electron chi connectivity index (χ2n) is 6.10. The fraction of sp³-hybridized carbons (Fsp3) is 0. The molecule has 1 N–H and O–H groups in total. The van der Waals surface area contributed by atoms with Gasteiger partial charge in [-0.1, -0.05) is 29.8 Å². The molecule has 0 radical (unpaired) electrons. The molecule has 0 bridgehead atoms. The summed E-state index contributed by atoms with van der Waals surface area (Å²) < 4.78 is 6.33. The number of nitrogens with zero attached hydrogens (tertiary/aromatic N) is 1. The van der Waals surface area contributed by atoms with Gasteiger partial charge in [-0.05, 0) is 88.8 Å². The van der Waals surface area contributed by atoms with Crippen LogP contribution in [0.25, 0.3) is 6.08 Å². The van der Waals surface area contributed by atoms with Gasteiger partial charge in [-0.2, -0.15) is 5.26 Å². The molecular formula is C23H14ClIN2O3. The number of rotatable bonds is 5. The fourth-order valence-corrected chi connectivity index (χ4v) is 3.17. The molecule has 0 heterocycles. The Morgan fingerprint density at radius 3 is 2.47 bits per heavy atom. The van der Waals surface area contributed by atoms with Crippen LogP contribution in [-0.4, -0.2) is 11.9 Å². The minimum atomic E-state index is -0.537. The van der Waals surface area contributed by atoms with Crippen LogP contribution in [0.3, 0.4) is 0 Å². The summed E-state index contributed by atoms with van der Waals surface area (Å²) in [6, 6.07) is 22.0. The molecule has 0 fully saturated rings. The smallest absolute Gasteiger partial charge is 0.343 e. The number of halogens is 2. The number of carbonyl (C=O) groups is 2. The van der Waals surface area contributed by atoms with Crippen LogP contribution in [0.15, 0.2) is 78.4 Å². The maximum absolute atomic E-state index is 12.4. The lowest BCUT2D eigenvalue weighted by molar-refractivity contribution is -0.112. The highest BCUT2D eigenvalue weighted by Crippen LogP contribution is 2.19. The van der Waals surface area contributed by atoms with Crippen molar-refractivity contribution in [2.24, 2.45) is 0 Å². The molecular weight excluding hydrogens is 515 g/mol. The molecule has 3 aromatic rings. The van der Waals surface area contributed by atoms with Crippen LogP contribution < -0.4 is 10.1 Å². The van der Waals surface area contributed by atoms with E-state index in [0.717, 1.165) is 3.57 Å². The van der Waals surface area contributed by atoms with Crippen LogP contribution >= 0.6 is 34.2 Å². The lowest BCUT2D eigenvalue weighted by Gasteiger charge is -2.06. The fourth-order valence-electron chi connectivity index (χ4n) is 2.50. The van der Waals surface area contributed by atoms with Crippen LogP contribution in [0.5, 0.6) is 5.75 Å². The van der Waals surface area contributed by atoms with E-state index < -0.39 is 11.9 Å². The number of nitrogens with one attached hydrogen (secondary N) is 1. The molecule has 3 aromatic carbocycles. The normalized spacial score (nSPS) is 10.8. The van der Waals surface area contributed by atoms with E-state index in [1.807, 2.05) is 18.2 Å². The summed E-state index contributed by atoms with van der Waals surface area (Å²) in [5.41, 5.74) is 1.43. The first-order valence-electron chi connectivity index (χ1n) is 8.71. The Balaban J connectivity index is 1.75. The van der Waals surface area contributed by atoms with Gasteiger partial charge < -0.3 is 10.1 Å². The Morgan fingerprint density at radius 1 is 1.03 bits per heavy atom. The molecule has 0 aliphatic heterocycles. The number of ether oxygens (including phenoxy) is 1. The zero-order valence-corrected chi connectivity index (χ0v) is 18.3. The molecule has 7 heteroatoms. The summed E-state index contributed by atoms with van der Waals surface area (Å²) in [6.45, 7) is 0. The Bertz CT molecular complexity index is 1170. The van der Waals surface area contributed by atoms with E-state index in [9.17, 15) is 14.9 Å². The number of benzene rings is 3. The van der Waals surface area contributed by atoms with Crippen molar-refractivity contribution in [2.75, 3.05) is 5.32 Å². The van der Waals surface area contributed by atoms with Crippen molar-refractivity contribution in [3.63, 3.8) is 0 Å². The molecule has 0 atom stereocenters. The van der Waals surface area contributed by atoms with Crippen molar-refractivity contribution in [1.82, 2.24) is 0 Å². The number of esters is 1. The molecule has 0 saturated heterocycles. The van der Waals surface area contributed by atoms with Gasteiger partial charge in [-0.25, -0.2) is 4.79 Å². The summed E-state index contributed by atoms with van der Waals surface area (Å²) in [7, 11) is 0. The van der Waals surface area contributed by atoms with Crippen LogP contribution in [0.4, 0.5) is 5.69 Å². The van der Waals surface area contributed by atoms with Crippen LogP contribution in [0.1, 0.15) is 15.9 Å². The van der Waals surface area contributed by atoms with Gasteiger partial charge >= 0.3 is 5.97 Å². The Morgan fingerprint density at radius 2 is 1.77 bits per heavy atom. The average Bonchev–Trinajstić information content (AvgIpc) is 2.72. The third kappa shape index (κ3) is 5.92. The molecule has 30 heavy (non-hydrogen) atoms. The molecule has 0 aliphatic rings. The van der Waals surface area contributed by atoms with Crippen molar-refractivity contribution in [2.45, 2.75) is 0 Å². The first-order valence-corrected chi connectivity index (χ1v) is 10.2. The third-order valence-electron chi connectivity index (χ3n) is 3.91. The predicted molar refractivity (Wildman–Crippen MR) is 124 cm³/mol. The van der Waals surface area contributed by atoms with Crippen molar-refractivity contribution in [3.8, 4) is 11.8 Å². The molecule has 0 saturated carbocycles. The van der Waals surface area contributed by atoms with Crippen molar-refractivity contribution < 1.29 is 14.3 Å². The van der Waals surface area contributed by atoms with E-state index in [4.69, 9.17) is 16.3 Å². The van der Waals surface area contributed by atoms with E-state index in [1.165, 1.54) is 6.08 Å². The SMILES string of the molecule is N#C/C(=C\c1cccc(OC(=O)c2ccc(Cl)cc2)c1)C(=O)Nc1cccc(I)c1. The van der Waals surface area contributed by atoms with Crippen LogP contribution in [0, 0.1) is 14.9 Å². The van der Waals surface area contributed by atoms with Crippen LogP contribution in [0.2, 0.25) is 5.02 Å². The van der Waals surface area contributed by atoms with Crippen molar-refractivity contribution >= 4 is 57.8 Å². The van der Waals surface area contributed by atoms with Crippen LogP contribution in [-0.2, 0) is 4.79 Å². The molecule has 0 unspecified atom stereocenters. The Labute approximate surface area is 192 Å². The highest BCUT2D eigenvalue weighted by molar-refractivity contribution is 14.1. The van der Waals surface area contributed by atoms with Gasteiger partial charge in [-0.3, -0.25) is 4.79 Å². The molecule has 0 aromatic heterocycles. The molecule has 148 valence electrons. The van der Waals surface area contributed by atoms with Gasteiger partial charge in [0.05, 0.1) is 5.56 Å². The number of nitriles is 1. The van der Waals surface area contributed by atoms with Gasteiger partial charge in [0, 0.05) is 14.3 Å². The second kappa shape index (κ2) is 10.1. The second-order valence-corrected chi connectivity index (χ2v) is 7.79. The van der Waals surface area contributed by atoms with Gasteiger partial charge in [0.15, 0.2) is 0 Å². The van der Waals surface area contributed by atoms with Gasteiger partial charge in [0.25, 0.3) is 5.91 Å². The lowest BCUT2D eigenvalue weighted by Crippen LogP contribution is -2.13. The number of amides is 1. The highest BCUT2D eigenvalue weighted by atomic mass is 127. The topological polar surface area (TPSA) is 79.2 Å². The van der Waals surface area contributed by atoms with E-state index >= 15 is 0 Å². The maximum atomic E-state index is 12.4. The molecule has 5 nitrogen and oxygen atoms in total. The summed E-state index contributed by atoms with van der Waals surface area (Å²) in [6.07, 6.45) is 1.43.